The summed E-state index contributed by atoms with van der Waals surface area (Å²) in [6, 6.07) is 0. The van der Waals surface area contributed by atoms with Crippen molar-refractivity contribution >= 4 is 10.8 Å². The van der Waals surface area contributed by atoms with Gasteiger partial charge in [0.15, 0.2) is 0 Å². The number of rotatable bonds is 14. The molecule has 18 heavy (non-hydrogen) atoms. The van der Waals surface area contributed by atoms with Crippen LogP contribution in [0.2, 0.25) is 0 Å². The van der Waals surface area contributed by atoms with Crippen molar-refractivity contribution in [3.8, 4) is 0 Å². The van der Waals surface area contributed by atoms with Gasteiger partial charge in [0, 0.05) is 29.4 Å². The van der Waals surface area contributed by atoms with Crippen molar-refractivity contribution in [1.29, 1.82) is 0 Å². The number of unbranched alkanes of at least 4 members (excludes halogenated alkanes) is 9. The molecule has 0 aliphatic rings. The van der Waals surface area contributed by atoms with E-state index in [1.807, 2.05) is 0 Å². The fourth-order valence-electron chi connectivity index (χ4n) is 2.08. The van der Waals surface area contributed by atoms with Crippen molar-refractivity contribution in [2.24, 2.45) is 0 Å². The standard InChI is InChI=1S/C15H33NOS/c1-3-4-5-6-7-8-9-10-11-12-13-16-14-15-18(2)17/h16H,3-15H2,1-2H3. The molecule has 2 nitrogen and oxygen atoms in total. The molecule has 0 saturated carbocycles. The van der Waals surface area contributed by atoms with Gasteiger partial charge >= 0.3 is 0 Å². The Balaban J connectivity index is 2.92. The molecule has 0 aromatic rings. The molecular weight excluding hydrogens is 242 g/mol. The molecule has 0 heterocycles. The number of hydrogen-bond acceptors (Lipinski definition) is 2. The molecule has 0 amide bonds. The zero-order chi connectivity index (χ0) is 13.5. The largest absolute Gasteiger partial charge is 0.316 e. The Hall–Kier alpha value is 0.110. The summed E-state index contributed by atoms with van der Waals surface area (Å²) in [5.41, 5.74) is 0. The summed E-state index contributed by atoms with van der Waals surface area (Å²) < 4.78 is 10.8. The van der Waals surface area contributed by atoms with Crippen LogP contribution >= 0.6 is 0 Å². The molecule has 0 spiro atoms. The Morgan fingerprint density at radius 3 is 1.78 bits per heavy atom. The predicted octanol–water partition coefficient (Wildman–Crippen LogP) is 3.88. The first-order chi connectivity index (χ1) is 8.77. The van der Waals surface area contributed by atoms with Crippen molar-refractivity contribution in [3.05, 3.63) is 0 Å². The molecule has 0 fully saturated rings. The first-order valence-electron chi connectivity index (χ1n) is 7.78. The van der Waals surface area contributed by atoms with E-state index < -0.39 is 10.8 Å². The van der Waals surface area contributed by atoms with E-state index in [0.717, 1.165) is 18.8 Å². The van der Waals surface area contributed by atoms with E-state index in [0.29, 0.717) is 0 Å². The van der Waals surface area contributed by atoms with Crippen LogP contribution in [0.1, 0.15) is 71.1 Å². The number of hydrogen-bond donors (Lipinski definition) is 1. The van der Waals surface area contributed by atoms with Gasteiger partial charge in [0.2, 0.25) is 0 Å². The zero-order valence-corrected chi connectivity index (χ0v) is 13.3. The SMILES string of the molecule is CCCCCCCCCCCCNCCS(C)=O. The summed E-state index contributed by atoms with van der Waals surface area (Å²) in [5.74, 6) is 0.789. The lowest BCUT2D eigenvalue weighted by molar-refractivity contribution is 0.547. The monoisotopic (exact) mass is 275 g/mol. The fourth-order valence-corrected chi connectivity index (χ4v) is 2.51. The van der Waals surface area contributed by atoms with E-state index in [1.165, 1.54) is 64.2 Å². The van der Waals surface area contributed by atoms with Crippen molar-refractivity contribution in [2.45, 2.75) is 71.1 Å². The van der Waals surface area contributed by atoms with Gasteiger partial charge < -0.3 is 5.32 Å². The van der Waals surface area contributed by atoms with Crippen LogP contribution in [-0.2, 0) is 10.8 Å². The summed E-state index contributed by atoms with van der Waals surface area (Å²) in [4.78, 5) is 0. The molecule has 0 radical (unpaired) electrons. The van der Waals surface area contributed by atoms with E-state index in [4.69, 9.17) is 0 Å². The van der Waals surface area contributed by atoms with Gasteiger partial charge in [0.05, 0.1) is 0 Å². The number of nitrogens with one attached hydrogen (secondary N) is 1. The van der Waals surface area contributed by atoms with Crippen molar-refractivity contribution in [1.82, 2.24) is 5.32 Å². The molecule has 0 aliphatic heterocycles. The van der Waals surface area contributed by atoms with Crippen LogP contribution in [0.3, 0.4) is 0 Å². The minimum absolute atomic E-state index is 0.643. The second-order valence-electron chi connectivity index (χ2n) is 5.21. The van der Waals surface area contributed by atoms with Gasteiger partial charge in [0.25, 0.3) is 0 Å². The maximum absolute atomic E-state index is 10.8. The highest BCUT2D eigenvalue weighted by molar-refractivity contribution is 7.84. The highest BCUT2D eigenvalue weighted by Crippen LogP contribution is 2.10. The van der Waals surface area contributed by atoms with E-state index in [9.17, 15) is 4.21 Å². The first-order valence-corrected chi connectivity index (χ1v) is 9.50. The van der Waals surface area contributed by atoms with Crippen LogP contribution in [0.15, 0.2) is 0 Å². The van der Waals surface area contributed by atoms with Gasteiger partial charge in [-0.3, -0.25) is 4.21 Å². The zero-order valence-electron chi connectivity index (χ0n) is 12.5. The molecule has 0 rings (SSSR count). The highest BCUT2D eigenvalue weighted by Gasteiger charge is 1.93. The van der Waals surface area contributed by atoms with E-state index in [2.05, 4.69) is 12.2 Å². The summed E-state index contributed by atoms with van der Waals surface area (Å²) in [6.07, 6.45) is 15.6. The summed E-state index contributed by atoms with van der Waals surface area (Å²) in [6.45, 7) is 4.26. The average Bonchev–Trinajstić information content (AvgIpc) is 2.34. The van der Waals surface area contributed by atoms with Gasteiger partial charge in [-0.05, 0) is 13.0 Å². The van der Waals surface area contributed by atoms with Gasteiger partial charge in [-0.1, -0.05) is 64.7 Å². The summed E-state index contributed by atoms with van der Waals surface area (Å²) in [7, 11) is -0.643. The smallest absolute Gasteiger partial charge is 0.0357 e. The Kier molecular flexibility index (Phi) is 15.3. The van der Waals surface area contributed by atoms with E-state index in [-0.39, 0.29) is 0 Å². The van der Waals surface area contributed by atoms with Crippen LogP contribution in [0.25, 0.3) is 0 Å². The average molecular weight is 276 g/mol. The normalized spacial score (nSPS) is 12.8. The second kappa shape index (κ2) is 15.2. The molecule has 1 N–H and O–H groups in total. The van der Waals surface area contributed by atoms with Gasteiger partial charge in [-0.15, -0.1) is 0 Å². The van der Waals surface area contributed by atoms with Crippen LogP contribution in [-0.4, -0.2) is 29.3 Å². The molecule has 0 bridgehead atoms. The minimum Gasteiger partial charge on any atom is -0.316 e. The van der Waals surface area contributed by atoms with Gasteiger partial charge in [-0.25, -0.2) is 0 Å². The lowest BCUT2D eigenvalue weighted by Gasteiger charge is -2.04. The fraction of sp³-hybridized carbons (Fsp3) is 1.00. The molecule has 0 aliphatic carbocycles. The maximum atomic E-state index is 10.8. The maximum Gasteiger partial charge on any atom is 0.0357 e. The summed E-state index contributed by atoms with van der Waals surface area (Å²) in [5, 5.41) is 3.35. The molecule has 3 heteroatoms. The van der Waals surface area contributed by atoms with Crippen LogP contribution in [0.4, 0.5) is 0 Å². The van der Waals surface area contributed by atoms with Crippen LogP contribution < -0.4 is 5.32 Å². The van der Waals surface area contributed by atoms with Gasteiger partial charge in [0.1, 0.15) is 0 Å². The van der Waals surface area contributed by atoms with Crippen molar-refractivity contribution < 1.29 is 4.21 Å². The molecule has 1 unspecified atom stereocenters. The lowest BCUT2D eigenvalue weighted by atomic mass is 10.1. The first kappa shape index (κ1) is 18.1. The van der Waals surface area contributed by atoms with E-state index in [1.54, 1.807) is 6.26 Å². The van der Waals surface area contributed by atoms with Crippen LogP contribution in [0, 0.1) is 0 Å². The third-order valence-electron chi connectivity index (χ3n) is 3.27. The molecule has 1 atom stereocenters. The Morgan fingerprint density at radius 2 is 1.28 bits per heavy atom. The Bertz CT molecular complexity index is 185. The third kappa shape index (κ3) is 16.1. The lowest BCUT2D eigenvalue weighted by Crippen LogP contribution is -2.21. The molecule has 0 aromatic heterocycles. The molecule has 110 valence electrons. The predicted molar refractivity (Wildman–Crippen MR) is 83.6 cm³/mol. The third-order valence-corrected chi connectivity index (χ3v) is 4.05. The molecule has 0 aromatic carbocycles. The van der Waals surface area contributed by atoms with Crippen molar-refractivity contribution in [2.75, 3.05) is 25.1 Å². The topological polar surface area (TPSA) is 29.1 Å². The Labute approximate surface area is 117 Å². The molecule has 0 saturated heterocycles. The van der Waals surface area contributed by atoms with Crippen LogP contribution in [0.5, 0.6) is 0 Å². The minimum atomic E-state index is -0.643. The highest BCUT2D eigenvalue weighted by atomic mass is 32.2. The second-order valence-corrected chi connectivity index (χ2v) is 6.76. The van der Waals surface area contributed by atoms with Crippen molar-refractivity contribution in [3.63, 3.8) is 0 Å². The van der Waals surface area contributed by atoms with E-state index >= 15 is 0 Å². The Morgan fingerprint density at radius 1 is 0.778 bits per heavy atom. The molecular formula is C15H33NOS. The van der Waals surface area contributed by atoms with Gasteiger partial charge in [-0.2, -0.15) is 0 Å². The summed E-state index contributed by atoms with van der Waals surface area (Å²) >= 11 is 0. The quantitative estimate of drug-likeness (QED) is 0.488.